The minimum atomic E-state index is -0.0261. The topological polar surface area (TPSA) is 52.7 Å². The molecule has 1 fully saturated rings. The van der Waals surface area contributed by atoms with Crippen LogP contribution in [0.3, 0.4) is 0 Å². The van der Waals surface area contributed by atoms with Gasteiger partial charge in [0.25, 0.3) is 0 Å². The van der Waals surface area contributed by atoms with Crippen molar-refractivity contribution in [3.63, 3.8) is 0 Å². The Kier molecular flexibility index (Phi) is 6.02. The fourth-order valence-electron chi connectivity index (χ4n) is 2.82. The highest BCUT2D eigenvalue weighted by atomic mass is 16.2. The van der Waals surface area contributed by atoms with Crippen LogP contribution < -0.4 is 10.2 Å². The Labute approximate surface area is 154 Å². The van der Waals surface area contributed by atoms with Crippen molar-refractivity contribution in [2.45, 2.75) is 25.4 Å². The summed E-state index contributed by atoms with van der Waals surface area (Å²) < 4.78 is 0. The van der Waals surface area contributed by atoms with E-state index >= 15 is 0 Å². The van der Waals surface area contributed by atoms with E-state index in [-0.39, 0.29) is 24.9 Å². The third-order valence-corrected chi connectivity index (χ3v) is 4.31. The fraction of sp³-hybridized carbons (Fsp3) is 0.333. The molecule has 26 heavy (non-hydrogen) atoms. The van der Waals surface area contributed by atoms with Crippen LogP contribution in [0, 0.1) is 0 Å². The van der Waals surface area contributed by atoms with Gasteiger partial charge in [-0.3, -0.25) is 14.5 Å². The number of hydrogen-bond donors (Lipinski definition) is 1. The van der Waals surface area contributed by atoms with Gasteiger partial charge in [-0.2, -0.15) is 0 Å². The SMILES string of the molecule is CN(CC(=O)NC1CC1)CC(=O)N(Cc1ccccc1)c1ccccc1. The van der Waals surface area contributed by atoms with Crippen LogP contribution in [0.5, 0.6) is 0 Å². The molecule has 1 N–H and O–H groups in total. The molecule has 0 saturated heterocycles. The molecule has 0 radical (unpaired) electrons. The van der Waals surface area contributed by atoms with Crippen LogP contribution in [0.2, 0.25) is 0 Å². The molecule has 0 atom stereocenters. The van der Waals surface area contributed by atoms with Gasteiger partial charge in [-0.25, -0.2) is 0 Å². The molecule has 2 aromatic rings. The Bertz CT molecular complexity index is 729. The summed E-state index contributed by atoms with van der Waals surface area (Å²) in [6, 6.07) is 19.9. The zero-order chi connectivity index (χ0) is 18.4. The zero-order valence-electron chi connectivity index (χ0n) is 15.1. The van der Waals surface area contributed by atoms with Gasteiger partial charge in [0.05, 0.1) is 19.6 Å². The summed E-state index contributed by atoms with van der Waals surface area (Å²) >= 11 is 0. The number of carbonyl (C=O) groups excluding carboxylic acids is 2. The molecular formula is C21H25N3O2. The summed E-state index contributed by atoms with van der Waals surface area (Å²) in [6.45, 7) is 0.932. The van der Waals surface area contributed by atoms with Crippen molar-refractivity contribution < 1.29 is 9.59 Å². The second kappa shape index (κ2) is 8.63. The largest absolute Gasteiger partial charge is 0.352 e. The predicted molar refractivity (Wildman–Crippen MR) is 103 cm³/mol. The summed E-state index contributed by atoms with van der Waals surface area (Å²) in [4.78, 5) is 28.4. The molecule has 136 valence electrons. The van der Waals surface area contributed by atoms with Crippen LogP contribution in [0.25, 0.3) is 0 Å². The number of benzene rings is 2. The van der Waals surface area contributed by atoms with E-state index in [1.54, 1.807) is 16.8 Å². The number of rotatable bonds is 8. The van der Waals surface area contributed by atoms with Gasteiger partial charge in [0.1, 0.15) is 0 Å². The minimum Gasteiger partial charge on any atom is -0.352 e. The summed E-state index contributed by atoms with van der Waals surface area (Å²) in [5.74, 6) is -0.0427. The molecule has 0 heterocycles. The Morgan fingerprint density at radius 2 is 1.58 bits per heavy atom. The van der Waals surface area contributed by atoms with E-state index in [0.717, 1.165) is 24.1 Å². The van der Waals surface area contributed by atoms with E-state index in [9.17, 15) is 9.59 Å². The average molecular weight is 351 g/mol. The number of carbonyl (C=O) groups is 2. The van der Waals surface area contributed by atoms with Gasteiger partial charge in [0, 0.05) is 11.7 Å². The molecule has 3 rings (SSSR count). The smallest absolute Gasteiger partial charge is 0.241 e. The lowest BCUT2D eigenvalue weighted by atomic mass is 10.2. The van der Waals surface area contributed by atoms with E-state index in [0.29, 0.717) is 12.6 Å². The van der Waals surface area contributed by atoms with Crippen LogP contribution in [0.15, 0.2) is 60.7 Å². The molecule has 0 aromatic heterocycles. The van der Waals surface area contributed by atoms with Crippen molar-refractivity contribution in [1.82, 2.24) is 10.2 Å². The van der Waals surface area contributed by atoms with E-state index in [1.807, 2.05) is 60.7 Å². The molecule has 5 heteroatoms. The fourth-order valence-corrected chi connectivity index (χ4v) is 2.82. The quantitative estimate of drug-likeness (QED) is 0.795. The second-order valence-electron chi connectivity index (χ2n) is 6.82. The number of anilines is 1. The summed E-state index contributed by atoms with van der Waals surface area (Å²) in [6.07, 6.45) is 2.13. The standard InChI is InChI=1S/C21H25N3O2/c1-23(15-20(25)22-18-12-13-18)16-21(26)24(19-10-6-3-7-11-19)14-17-8-4-2-5-9-17/h2-11,18H,12-16H2,1H3,(H,22,25). The van der Waals surface area contributed by atoms with Crippen LogP contribution in [-0.2, 0) is 16.1 Å². The molecule has 0 spiro atoms. The first-order chi connectivity index (χ1) is 12.6. The second-order valence-corrected chi connectivity index (χ2v) is 6.82. The average Bonchev–Trinajstić information content (AvgIpc) is 3.44. The summed E-state index contributed by atoms with van der Waals surface area (Å²) in [7, 11) is 1.80. The normalized spacial score (nSPS) is 13.5. The highest BCUT2D eigenvalue weighted by Crippen LogP contribution is 2.19. The lowest BCUT2D eigenvalue weighted by Crippen LogP contribution is -2.43. The lowest BCUT2D eigenvalue weighted by Gasteiger charge is -2.25. The molecule has 5 nitrogen and oxygen atoms in total. The Hall–Kier alpha value is -2.66. The number of hydrogen-bond acceptors (Lipinski definition) is 3. The summed E-state index contributed by atoms with van der Waals surface area (Å²) in [5, 5.41) is 2.95. The van der Waals surface area contributed by atoms with Gasteiger partial charge < -0.3 is 10.2 Å². The van der Waals surface area contributed by atoms with E-state index in [4.69, 9.17) is 0 Å². The minimum absolute atomic E-state index is 0.0166. The van der Waals surface area contributed by atoms with Gasteiger partial charge in [-0.1, -0.05) is 48.5 Å². The molecule has 2 amide bonds. The highest BCUT2D eigenvalue weighted by molar-refractivity contribution is 5.95. The maximum Gasteiger partial charge on any atom is 0.241 e. The molecule has 2 aromatic carbocycles. The molecule has 1 saturated carbocycles. The van der Waals surface area contributed by atoms with Gasteiger partial charge in [-0.15, -0.1) is 0 Å². The Morgan fingerprint density at radius 1 is 0.962 bits per heavy atom. The van der Waals surface area contributed by atoms with Crippen LogP contribution in [0.1, 0.15) is 18.4 Å². The van der Waals surface area contributed by atoms with E-state index < -0.39 is 0 Å². The predicted octanol–water partition coefficient (Wildman–Crippen LogP) is 2.43. The first-order valence-corrected chi connectivity index (χ1v) is 8.99. The van der Waals surface area contributed by atoms with E-state index in [1.165, 1.54) is 0 Å². The first-order valence-electron chi connectivity index (χ1n) is 8.99. The van der Waals surface area contributed by atoms with E-state index in [2.05, 4.69) is 5.32 Å². The Morgan fingerprint density at radius 3 is 2.19 bits per heavy atom. The van der Waals surface area contributed by atoms with Crippen molar-refractivity contribution in [2.24, 2.45) is 0 Å². The maximum absolute atomic E-state index is 12.9. The third kappa shape index (κ3) is 5.43. The number of para-hydroxylation sites is 1. The lowest BCUT2D eigenvalue weighted by molar-refractivity contribution is -0.123. The number of nitrogens with zero attached hydrogens (tertiary/aromatic N) is 2. The number of likely N-dealkylation sites (N-methyl/N-ethyl adjacent to an activating group) is 1. The van der Waals surface area contributed by atoms with Crippen LogP contribution in [-0.4, -0.2) is 42.9 Å². The molecule has 0 unspecified atom stereocenters. The van der Waals surface area contributed by atoms with Gasteiger partial charge in [0.2, 0.25) is 11.8 Å². The van der Waals surface area contributed by atoms with Crippen molar-refractivity contribution in [2.75, 3.05) is 25.0 Å². The molecule has 0 aliphatic heterocycles. The molecule has 0 bridgehead atoms. The zero-order valence-corrected chi connectivity index (χ0v) is 15.1. The Balaban J connectivity index is 1.65. The number of nitrogens with one attached hydrogen (secondary N) is 1. The highest BCUT2D eigenvalue weighted by Gasteiger charge is 2.24. The van der Waals surface area contributed by atoms with Crippen LogP contribution in [0.4, 0.5) is 5.69 Å². The van der Waals surface area contributed by atoms with Gasteiger partial charge >= 0.3 is 0 Å². The summed E-state index contributed by atoms with van der Waals surface area (Å²) in [5.41, 5.74) is 1.93. The molecule has 1 aliphatic carbocycles. The van der Waals surface area contributed by atoms with Crippen LogP contribution >= 0.6 is 0 Å². The van der Waals surface area contributed by atoms with Crippen molar-refractivity contribution >= 4 is 17.5 Å². The molecule has 1 aliphatic rings. The van der Waals surface area contributed by atoms with Crippen molar-refractivity contribution in [3.05, 3.63) is 66.2 Å². The maximum atomic E-state index is 12.9. The molecular weight excluding hydrogens is 326 g/mol. The monoisotopic (exact) mass is 351 g/mol. The third-order valence-electron chi connectivity index (χ3n) is 4.31. The van der Waals surface area contributed by atoms with Crippen molar-refractivity contribution in [3.8, 4) is 0 Å². The van der Waals surface area contributed by atoms with Crippen molar-refractivity contribution in [1.29, 1.82) is 0 Å². The number of amides is 2. The first kappa shape index (κ1) is 18.1. The van der Waals surface area contributed by atoms with Gasteiger partial charge in [-0.05, 0) is 37.6 Å². The van der Waals surface area contributed by atoms with Gasteiger partial charge in [0.15, 0.2) is 0 Å².